The Morgan fingerprint density at radius 2 is 2.04 bits per heavy atom. The number of carbonyl (C=O) groups is 1. The van der Waals surface area contributed by atoms with Gasteiger partial charge in [-0.15, -0.1) is 0 Å². The first-order valence-electron chi connectivity index (χ1n) is 7.40. The Bertz CT molecular complexity index is 918. The second kappa shape index (κ2) is 7.07. The molecule has 2 aromatic carbocycles. The van der Waals surface area contributed by atoms with E-state index in [4.69, 9.17) is 23.2 Å². The average Bonchev–Trinajstić information content (AvgIpc) is 2.92. The number of hydrogen-bond acceptors (Lipinski definition) is 1. The Morgan fingerprint density at radius 3 is 2.79 bits per heavy atom. The molecule has 0 fully saturated rings. The van der Waals surface area contributed by atoms with Crippen LogP contribution in [0.3, 0.4) is 0 Å². The van der Waals surface area contributed by atoms with Gasteiger partial charge in [0, 0.05) is 16.6 Å². The van der Waals surface area contributed by atoms with Gasteiger partial charge in [-0.25, -0.2) is 9.13 Å². The van der Waals surface area contributed by atoms with Gasteiger partial charge in [-0.2, -0.15) is 0 Å². The normalized spacial score (nSPS) is 10.8. The van der Waals surface area contributed by atoms with Gasteiger partial charge in [-0.1, -0.05) is 48.0 Å². The number of hydrogen-bond donors (Lipinski definition) is 1. The maximum atomic E-state index is 12.3. The maximum absolute atomic E-state index is 12.3. The van der Waals surface area contributed by atoms with Crippen molar-refractivity contribution >= 4 is 46.3 Å². The molecule has 6 heteroatoms. The molecule has 0 saturated carbocycles. The minimum Gasteiger partial charge on any atom is -0.349 e. The van der Waals surface area contributed by atoms with Crippen LogP contribution in [0.4, 0.5) is 0 Å². The van der Waals surface area contributed by atoms with E-state index in [0.29, 0.717) is 16.6 Å². The molecule has 3 rings (SSSR count). The van der Waals surface area contributed by atoms with Crippen molar-refractivity contribution in [3.8, 4) is 0 Å². The highest BCUT2D eigenvalue weighted by Gasteiger charge is 2.16. The lowest BCUT2D eigenvalue weighted by Crippen LogP contribution is -2.41. The molecule has 0 aliphatic heterocycles. The highest BCUT2D eigenvalue weighted by atomic mass is 35.5. The molecule has 1 aromatic heterocycles. The van der Waals surface area contributed by atoms with Crippen LogP contribution in [0.15, 0.2) is 55.4 Å². The summed E-state index contributed by atoms with van der Waals surface area (Å²) in [4.78, 5) is 12.3. The van der Waals surface area contributed by atoms with E-state index in [1.165, 1.54) is 0 Å². The Morgan fingerprint density at radius 1 is 1.25 bits per heavy atom. The summed E-state index contributed by atoms with van der Waals surface area (Å²) in [5, 5.41) is 3.99. The zero-order valence-electron chi connectivity index (χ0n) is 12.9. The summed E-state index contributed by atoms with van der Waals surface area (Å²) in [6, 6.07) is 13.1. The molecular weight excluding hydrogens is 345 g/mol. The summed E-state index contributed by atoms with van der Waals surface area (Å²) in [5.74, 6) is -0.0991. The maximum Gasteiger partial charge on any atom is 0.262 e. The SMILES string of the molecule is C=Cn1c[n+](CC(=O)NCc2ccc(Cl)cc2Cl)c2ccccc21. The summed E-state index contributed by atoms with van der Waals surface area (Å²) in [6.07, 6.45) is 3.57. The van der Waals surface area contributed by atoms with Crippen LogP contribution in [0, 0.1) is 0 Å². The van der Waals surface area contributed by atoms with Crippen molar-refractivity contribution in [1.29, 1.82) is 0 Å². The van der Waals surface area contributed by atoms with E-state index in [2.05, 4.69) is 11.9 Å². The second-order valence-electron chi connectivity index (χ2n) is 5.33. The molecule has 0 aliphatic rings. The van der Waals surface area contributed by atoms with Gasteiger partial charge < -0.3 is 5.32 Å². The number of imidazole rings is 1. The minimum absolute atomic E-state index is 0.0991. The Kier molecular flexibility index (Phi) is 4.88. The molecule has 0 bridgehead atoms. The molecule has 0 aliphatic carbocycles. The third kappa shape index (κ3) is 3.45. The molecular formula is C18H16Cl2N3O+. The fourth-order valence-electron chi connectivity index (χ4n) is 2.54. The number of nitrogens with zero attached hydrogens (tertiary/aromatic N) is 2. The Hall–Kier alpha value is -2.30. The van der Waals surface area contributed by atoms with Gasteiger partial charge in [0.25, 0.3) is 5.91 Å². The van der Waals surface area contributed by atoms with Crippen molar-refractivity contribution in [3.05, 3.63) is 71.0 Å². The van der Waals surface area contributed by atoms with Crippen LogP contribution >= 0.6 is 23.2 Å². The molecule has 1 amide bonds. The summed E-state index contributed by atoms with van der Waals surface area (Å²) in [7, 11) is 0. The lowest BCUT2D eigenvalue weighted by atomic mass is 10.2. The zero-order valence-corrected chi connectivity index (χ0v) is 14.4. The van der Waals surface area contributed by atoms with E-state index in [0.717, 1.165) is 16.6 Å². The largest absolute Gasteiger partial charge is 0.349 e. The summed E-state index contributed by atoms with van der Waals surface area (Å²) < 4.78 is 3.77. The Balaban J connectivity index is 1.72. The lowest BCUT2D eigenvalue weighted by molar-refractivity contribution is -0.658. The topological polar surface area (TPSA) is 37.9 Å². The number of fused-ring (bicyclic) bond motifs is 1. The summed E-state index contributed by atoms with van der Waals surface area (Å²) >= 11 is 12.0. The number of aromatic nitrogens is 2. The first kappa shape index (κ1) is 16.6. The van der Waals surface area contributed by atoms with Crippen molar-refractivity contribution in [3.63, 3.8) is 0 Å². The Labute approximate surface area is 149 Å². The van der Waals surface area contributed by atoms with Crippen LogP contribution in [0.2, 0.25) is 10.0 Å². The molecule has 24 heavy (non-hydrogen) atoms. The minimum atomic E-state index is -0.0991. The molecule has 0 saturated heterocycles. The number of amides is 1. The molecule has 0 radical (unpaired) electrons. The van der Waals surface area contributed by atoms with Gasteiger partial charge >= 0.3 is 0 Å². The fraction of sp³-hybridized carbons (Fsp3) is 0.111. The van der Waals surface area contributed by atoms with Crippen LogP contribution < -0.4 is 9.88 Å². The molecule has 122 valence electrons. The monoisotopic (exact) mass is 360 g/mol. The molecule has 1 N–H and O–H groups in total. The van der Waals surface area contributed by atoms with Crippen molar-refractivity contribution in [1.82, 2.24) is 9.88 Å². The molecule has 0 spiro atoms. The number of rotatable bonds is 5. The van der Waals surface area contributed by atoms with Gasteiger partial charge in [0.15, 0.2) is 17.6 Å². The standard InChI is InChI=1S/C18H15Cl2N3O/c1-2-22-12-23(17-6-4-3-5-16(17)22)11-18(24)21-10-13-7-8-14(19)9-15(13)20/h2-9,12H,1,10-11H2/p+1. The van der Waals surface area contributed by atoms with Crippen molar-refractivity contribution in [2.75, 3.05) is 0 Å². The van der Waals surface area contributed by atoms with Gasteiger partial charge in [0.1, 0.15) is 0 Å². The number of para-hydroxylation sites is 2. The number of halogens is 2. The van der Waals surface area contributed by atoms with E-state index in [-0.39, 0.29) is 12.5 Å². The predicted octanol–water partition coefficient (Wildman–Crippen LogP) is 3.65. The van der Waals surface area contributed by atoms with Gasteiger partial charge in [-0.3, -0.25) is 4.79 Å². The summed E-state index contributed by atoms with van der Waals surface area (Å²) in [5.41, 5.74) is 2.80. The van der Waals surface area contributed by atoms with E-state index in [1.54, 1.807) is 18.3 Å². The fourth-order valence-corrected chi connectivity index (χ4v) is 3.02. The number of nitrogens with one attached hydrogen (secondary N) is 1. The first-order valence-corrected chi connectivity index (χ1v) is 8.16. The molecule has 3 aromatic rings. The third-order valence-electron chi connectivity index (χ3n) is 3.73. The first-order chi connectivity index (χ1) is 11.6. The third-order valence-corrected chi connectivity index (χ3v) is 4.32. The van der Waals surface area contributed by atoms with Crippen LogP contribution in [-0.2, 0) is 17.9 Å². The van der Waals surface area contributed by atoms with Crippen LogP contribution in [0.1, 0.15) is 5.56 Å². The van der Waals surface area contributed by atoms with Gasteiger partial charge in [0.2, 0.25) is 6.33 Å². The summed E-state index contributed by atoms with van der Waals surface area (Å²) in [6.45, 7) is 4.36. The molecule has 0 atom stereocenters. The van der Waals surface area contributed by atoms with Gasteiger partial charge in [0.05, 0.1) is 6.20 Å². The van der Waals surface area contributed by atoms with Crippen LogP contribution in [0.5, 0.6) is 0 Å². The quantitative estimate of drug-likeness (QED) is 0.692. The van der Waals surface area contributed by atoms with Crippen molar-refractivity contribution in [2.24, 2.45) is 0 Å². The van der Waals surface area contributed by atoms with E-state index < -0.39 is 0 Å². The van der Waals surface area contributed by atoms with Crippen molar-refractivity contribution < 1.29 is 9.36 Å². The highest BCUT2D eigenvalue weighted by Crippen LogP contribution is 2.20. The zero-order chi connectivity index (χ0) is 17.1. The van der Waals surface area contributed by atoms with E-state index in [1.807, 2.05) is 45.8 Å². The highest BCUT2D eigenvalue weighted by molar-refractivity contribution is 6.35. The average molecular weight is 361 g/mol. The van der Waals surface area contributed by atoms with Crippen LogP contribution in [0.25, 0.3) is 17.2 Å². The molecule has 4 nitrogen and oxygen atoms in total. The van der Waals surface area contributed by atoms with Crippen LogP contribution in [-0.4, -0.2) is 10.5 Å². The second-order valence-corrected chi connectivity index (χ2v) is 6.18. The lowest BCUT2D eigenvalue weighted by Gasteiger charge is -2.06. The van der Waals surface area contributed by atoms with Gasteiger partial charge in [-0.05, 0) is 29.8 Å². The number of carbonyl (C=O) groups excluding carboxylic acids is 1. The van der Waals surface area contributed by atoms with E-state index >= 15 is 0 Å². The van der Waals surface area contributed by atoms with Crippen molar-refractivity contribution in [2.45, 2.75) is 13.1 Å². The molecule has 1 heterocycles. The molecule has 0 unspecified atom stereocenters. The van der Waals surface area contributed by atoms with E-state index in [9.17, 15) is 4.79 Å². The smallest absolute Gasteiger partial charge is 0.262 e. The predicted molar refractivity (Wildman–Crippen MR) is 96.8 cm³/mol. The number of benzene rings is 2.